The Bertz CT molecular complexity index is 618. The third-order valence-electron chi connectivity index (χ3n) is 2.50. The van der Waals surface area contributed by atoms with E-state index < -0.39 is 5.92 Å². The summed E-state index contributed by atoms with van der Waals surface area (Å²) in [6, 6.07) is 3.27. The van der Waals surface area contributed by atoms with E-state index in [2.05, 4.69) is 4.98 Å². The third kappa shape index (κ3) is 3.05. The van der Waals surface area contributed by atoms with Crippen molar-refractivity contribution < 1.29 is 8.78 Å². The van der Waals surface area contributed by atoms with Crippen LogP contribution in [0.4, 0.5) is 8.78 Å². The van der Waals surface area contributed by atoms with Gasteiger partial charge in [-0.3, -0.25) is 9.36 Å². The van der Waals surface area contributed by atoms with Crippen LogP contribution in [0.3, 0.4) is 0 Å². The summed E-state index contributed by atoms with van der Waals surface area (Å²) < 4.78 is 26.9. The Morgan fingerprint density at radius 2 is 2.22 bits per heavy atom. The first-order chi connectivity index (χ1) is 8.37. The van der Waals surface area contributed by atoms with Crippen LogP contribution in [0.15, 0.2) is 16.9 Å². The first-order valence-corrected chi connectivity index (χ1v) is 6.60. The van der Waals surface area contributed by atoms with Crippen LogP contribution in [0.2, 0.25) is 5.15 Å². The van der Waals surface area contributed by atoms with Crippen LogP contribution in [0, 0.1) is 0 Å². The number of thiazole rings is 1. The Kier molecular flexibility index (Phi) is 3.68. The van der Waals surface area contributed by atoms with Crippen molar-refractivity contribution in [1.82, 2.24) is 9.55 Å². The fourth-order valence-corrected chi connectivity index (χ4v) is 2.78. The fraction of sp³-hybridized carbons (Fsp3) is 0.455. The van der Waals surface area contributed by atoms with Crippen LogP contribution < -0.4 is 4.87 Å². The van der Waals surface area contributed by atoms with Gasteiger partial charge in [0, 0.05) is 13.0 Å². The van der Waals surface area contributed by atoms with Crippen molar-refractivity contribution in [3.05, 3.63) is 27.0 Å². The highest BCUT2D eigenvalue weighted by molar-refractivity contribution is 7.16. The Hall–Kier alpha value is -1.01. The summed E-state index contributed by atoms with van der Waals surface area (Å²) in [6.45, 7) is 1.15. The van der Waals surface area contributed by atoms with Crippen molar-refractivity contribution in [1.29, 1.82) is 0 Å². The molecule has 0 aromatic carbocycles. The van der Waals surface area contributed by atoms with Gasteiger partial charge in [-0.2, -0.15) is 0 Å². The monoisotopic (exact) mass is 292 g/mol. The van der Waals surface area contributed by atoms with Gasteiger partial charge in [0.1, 0.15) is 9.98 Å². The van der Waals surface area contributed by atoms with E-state index >= 15 is 0 Å². The number of hydrogen-bond acceptors (Lipinski definition) is 3. The molecule has 2 aromatic heterocycles. The zero-order valence-corrected chi connectivity index (χ0v) is 11.2. The lowest BCUT2D eigenvalue weighted by atomic mass is 10.2. The summed E-state index contributed by atoms with van der Waals surface area (Å²) >= 11 is 6.70. The van der Waals surface area contributed by atoms with Crippen molar-refractivity contribution in [2.75, 3.05) is 0 Å². The summed E-state index contributed by atoms with van der Waals surface area (Å²) in [7, 11) is 0. The highest BCUT2D eigenvalue weighted by Gasteiger charge is 2.20. The predicted octanol–water partition coefficient (Wildman–Crippen LogP) is 3.55. The Labute approximate surface area is 111 Å². The third-order valence-corrected chi connectivity index (χ3v) is 3.60. The molecular formula is C11H11ClF2N2OS. The lowest BCUT2D eigenvalue weighted by Crippen LogP contribution is -2.16. The maximum absolute atomic E-state index is 12.7. The van der Waals surface area contributed by atoms with E-state index in [0.717, 1.165) is 18.3 Å². The molecule has 0 aliphatic heterocycles. The molecule has 0 atom stereocenters. The summed E-state index contributed by atoms with van der Waals surface area (Å²) in [5, 5.41) is 0.316. The molecular weight excluding hydrogens is 282 g/mol. The van der Waals surface area contributed by atoms with E-state index in [1.807, 2.05) is 0 Å². The highest BCUT2D eigenvalue weighted by Crippen LogP contribution is 2.21. The van der Waals surface area contributed by atoms with Crippen molar-refractivity contribution >= 4 is 33.3 Å². The number of fused-ring (bicyclic) bond motifs is 1. The SMILES string of the molecule is CC(F)(F)CCCn1c(=O)sc2nc(Cl)ccc21. The summed E-state index contributed by atoms with van der Waals surface area (Å²) in [5.74, 6) is -2.70. The van der Waals surface area contributed by atoms with Gasteiger partial charge in [0.05, 0.1) is 5.52 Å². The molecule has 0 saturated heterocycles. The zero-order chi connectivity index (χ0) is 13.3. The van der Waals surface area contributed by atoms with Crippen molar-refractivity contribution in [2.24, 2.45) is 0 Å². The molecule has 18 heavy (non-hydrogen) atoms. The number of aryl methyl sites for hydroxylation is 1. The van der Waals surface area contributed by atoms with Gasteiger partial charge in [0.15, 0.2) is 0 Å². The Balaban J connectivity index is 2.23. The number of alkyl halides is 2. The molecule has 0 bridgehead atoms. The van der Waals surface area contributed by atoms with E-state index in [1.165, 1.54) is 4.57 Å². The van der Waals surface area contributed by atoms with Crippen LogP contribution in [0.25, 0.3) is 10.3 Å². The van der Waals surface area contributed by atoms with E-state index in [0.29, 0.717) is 15.5 Å². The van der Waals surface area contributed by atoms with Gasteiger partial charge in [-0.25, -0.2) is 13.8 Å². The topological polar surface area (TPSA) is 34.9 Å². The molecule has 98 valence electrons. The van der Waals surface area contributed by atoms with E-state index in [9.17, 15) is 13.6 Å². The van der Waals surface area contributed by atoms with Gasteiger partial charge >= 0.3 is 4.87 Å². The number of rotatable bonds is 4. The number of hydrogen-bond donors (Lipinski definition) is 0. The van der Waals surface area contributed by atoms with Gasteiger partial charge < -0.3 is 0 Å². The smallest absolute Gasteiger partial charge is 0.297 e. The zero-order valence-electron chi connectivity index (χ0n) is 9.62. The molecule has 0 aliphatic rings. The van der Waals surface area contributed by atoms with Crippen molar-refractivity contribution in [3.63, 3.8) is 0 Å². The van der Waals surface area contributed by atoms with Crippen molar-refractivity contribution in [2.45, 2.75) is 32.2 Å². The van der Waals surface area contributed by atoms with Crippen LogP contribution in [-0.4, -0.2) is 15.5 Å². The minimum Gasteiger partial charge on any atom is -0.297 e. The van der Waals surface area contributed by atoms with Crippen LogP contribution in [0.1, 0.15) is 19.8 Å². The quantitative estimate of drug-likeness (QED) is 0.808. The maximum Gasteiger partial charge on any atom is 0.309 e. The number of pyridine rings is 1. The normalized spacial score (nSPS) is 12.2. The van der Waals surface area contributed by atoms with Gasteiger partial charge in [-0.15, -0.1) is 0 Å². The lowest BCUT2D eigenvalue weighted by Gasteiger charge is -2.09. The van der Waals surface area contributed by atoms with Gasteiger partial charge in [-0.1, -0.05) is 22.9 Å². The van der Waals surface area contributed by atoms with Crippen LogP contribution in [0.5, 0.6) is 0 Å². The van der Waals surface area contributed by atoms with Gasteiger partial charge in [0.2, 0.25) is 5.92 Å². The molecule has 0 aliphatic carbocycles. The largest absolute Gasteiger partial charge is 0.309 e. The standard InChI is InChI=1S/C11H11ClF2N2OS/c1-11(13,14)5-2-6-16-7-3-4-8(12)15-9(7)18-10(16)17/h3-4H,2,5-6H2,1H3. The summed E-state index contributed by atoms with van der Waals surface area (Å²) in [4.78, 5) is 16.1. The van der Waals surface area contributed by atoms with Gasteiger partial charge in [-0.05, 0) is 25.5 Å². The molecule has 3 nitrogen and oxygen atoms in total. The second-order valence-electron chi connectivity index (χ2n) is 4.15. The highest BCUT2D eigenvalue weighted by atomic mass is 35.5. The molecule has 2 heterocycles. The number of aromatic nitrogens is 2. The first kappa shape index (κ1) is 13.4. The Morgan fingerprint density at radius 3 is 2.89 bits per heavy atom. The molecule has 0 amide bonds. The molecule has 0 unspecified atom stereocenters. The molecule has 7 heteroatoms. The molecule has 0 radical (unpaired) electrons. The van der Waals surface area contributed by atoms with Gasteiger partial charge in [0.25, 0.3) is 0 Å². The van der Waals surface area contributed by atoms with Crippen LogP contribution in [-0.2, 0) is 6.54 Å². The molecule has 2 rings (SSSR count). The molecule has 2 aromatic rings. The maximum atomic E-state index is 12.7. The average molecular weight is 293 g/mol. The molecule has 0 fully saturated rings. The van der Waals surface area contributed by atoms with Crippen LogP contribution >= 0.6 is 22.9 Å². The Morgan fingerprint density at radius 1 is 1.50 bits per heavy atom. The fourth-order valence-electron chi connectivity index (χ4n) is 1.69. The average Bonchev–Trinajstić information content (AvgIpc) is 2.52. The molecule has 0 N–H and O–H groups in total. The lowest BCUT2D eigenvalue weighted by molar-refractivity contribution is 0.00996. The van der Waals surface area contributed by atoms with Crippen molar-refractivity contribution in [3.8, 4) is 0 Å². The van der Waals surface area contributed by atoms with E-state index in [4.69, 9.17) is 11.6 Å². The second-order valence-corrected chi connectivity index (χ2v) is 5.48. The first-order valence-electron chi connectivity index (χ1n) is 5.40. The minimum absolute atomic E-state index is 0.195. The second kappa shape index (κ2) is 4.93. The number of halogens is 3. The van der Waals surface area contributed by atoms with E-state index in [-0.39, 0.29) is 24.3 Å². The predicted molar refractivity (Wildman–Crippen MR) is 68.7 cm³/mol. The van der Waals surface area contributed by atoms with E-state index in [1.54, 1.807) is 12.1 Å². The molecule has 0 spiro atoms. The summed E-state index contributed by atoms with van der Waals surface area (Å²) in [6.07, 6.45) is 0.00959. The minimum atomic E-state index is -2.70. The number of nitrogens with zero attached hydrogens (tertiary/aromatic N) is 2. The molecule has 0 saturated carbocycles. The summed E-state index contributed by atoms with van der Waals surface area (Å²) in [5.41, 5.74) is 0.647.